The maximum atomic E-state index is 12.9. The molecule has 3 rings (SSSR count). The molecule has 0 unspecified atom stereocenters. The van der Waals surface area contributed by atoms with Crippen molar-refractivity contribution in [2.45, 2.75) is 42.8 Å². The van der Waals surface area contributed by atoms with E-state index in [1.165, 1.54) is 16.8 Å². The van der Waals surface area contributed by atoms with Gasteiger partial charge in [0.25, 0.3) is 5.69 Å². The smallest absolute Gasteiger partial charge is 0.269 e. The van der Waals surface area contributed by atoms with E-state index in [2.05, 4.69) is 9.82 Å². The van der Waals surface area contributed by atoms with Gasteiger partial charge < -0.3 is 0 Å². The number of aromatic nitrogens is 2. The summed E-state index contributed by atoms with van der Waals surface area (Å²) in [7, 11) is -4.12. The molecular weight excluding hydrogens is 401 g/mol. The van der Waals surface area contributed by atoms with Crippen LogP contribution < -0.4 is 4.72 Å². The fraction of sp³-hybridized carbons (Fsp3) is 0.438. The molecule has 0 atom stereocenters. The van der Waals surface area contributed by atoms with E-state index >= 15 is 0 Å². The molecular formula is C16H17F3N4O4S. The van der Waals surface area contributed by atoms with Crippen LogP contribution in [-0.2, 0) is 22.7 Å². The molecule has 1 aliphatic rings. The molecule has 0 radical (unpaired) electrons. The zero-order chi connectivity index (χ0) is 20.5. The summed E-state index contributed by atoms with van der Waals surface area (Å²) in [6.45, 7) is 0.00101. The first kappa shape index (κ1) is 20.3. The summed E-state index contributed by atoms with van der Waals surface area (Å²) in [5, 5.41) is 14.6. The first-order chi connectivity index (χ1) is 13.1. The normalized spacial score (nSPS) is 15.0. The number of benzene rings is 1. The molecule has 0 saturated heterocycles. The van der Waals surface area contributed by atoms with Crippen LogP contribution in [0.3, 0.4) is 0 Å². The average molecular weight is 418 g/mol. The number of nitrogens with one attached hydrogen (secondary N) is 1. The van der Waals surface area contributed by atoms with Crippen molar-refractivity contribution < 1.29 is 26.5 Å². The summed E-state index contributed by atoms with van der Waals surface area (Å²) in [6, 6.07) is 5.96. The van der Waals surface area contributed by atoms with Crippen molar-refractivity contribution in [3.05, 3.63) is 51.8 Å². The van der Waals surface area contributed by atoms with Crippen molar-refractivity contribution >= 4 is 15.7 Å². The molecule has 12 heteroatoms. The van der Waals surface area contributed by atoms with Gasteiger partial charge in [-0.05, 0) is 31.4 Å². The van der Waals surface area contributed by atoms with Gasteiger partial charge >= 0.3 is 6.18 Å². The summed E-state index contributed by atoms with van der Waals surface area (Å²) < 4.78 is 66.7. The molecule has 152 valence electrons. The summed E-state index contributed by atoms with van der Waals surface area (Å²) >= 11 is 0. The molecule has 1 aromatic heterocycles. The Morgan fingerprint density at radius 1 is 1.29 bits per heavy atom. The lowest BCUT2D eigenvalue weighted by atomic mass is 10.2. The Bertz CT molecular complexity index is 984. The van der Waals surface area contributed by atoms with Gasteiger partial charge in [0.05, 0.1) is 4.92 Å². The average Bonchev–Trinajstić information content (AvgIpc) is 3.37. The summed E-state index contributed by atoms with van der Waals surface area (Å²) in [5.41, 5.74) is -1.02. The van der Waals surface area contributed by atoms with E-state index in [0.29, 0.717) is 5.69 Å². The summed E-state index contributed by atoms with van der Waals surface area (Å²) in [4.78, 5) is 9.73. The van der Waals surface area contributed by atoms with Gasteiger partial charge in [0.15, 0.2) is 10.6 Å². The van der Waals surface area contributed by atoms with Crippen LogP contribution in [0.25, 0.3) is 0 Å². The van der Waals surface area contributed by atoms with Gasteiger partial charge in [0.1, 0.15) is 0 Å². The van der Waals surface area contributed by atoms with Crippen molar-refractivity contribution in [2.24, 2.45) is 0 Å². The van der Waals surface area contributed by atoms with E-state index in [0.717, 1.165) is 31.0 Å². The van der Waals surface area contributed by atoms with Crippen molar-refractivity contribution in [1.82, 2.24) is 14.5 Å². The molecule has 8 nitrogen and oxygen atoms in total. The number of para-hydroxylation sites is 1. The minimum atomic E-state index is -4.54. The van der Waals surface area contributed by atoms with E-state index in [1.807, 2.05) is 0 Å². The predicted molar refractivity (Wildman–Crippen MR) is 92.1 cm³/mol. The monoisotopic (exact) mass is 418 g/mol. The Morgan fingerprint density at radius 2 is 1.96 bits per heavy atom. The fourth-order valence-corrected chi connectivity index (χ4v) is 4.05. The highest BCUT2D eigenvalue weighted by Gasteiger charge is 2.37. The Kier molecular flexibility index (Phi) is 5.44. The third-order valence-corrected chi connectivity index (χ3v) is 5.80. The number of halogens is 3. The molecule has 0 spiro atoms. The molecule has 0 aliphatic heterocycles. The molecule has 1 aromatic carbocycles. The van der Waals surface area contributed by atoms with Gasteiger partial charge in [0.2, 0.25) is 10.0 Å². The molecule has 1 saturated carbocycles. The third kappa shape index (κ3) is 4.50. The molecule has 1 aliphatic carbocycles. The lowest BCUT2D eigenvalue weighted by Crippen LogP contribution is -2.26. The predicted octanol–water partition coefficient (Wildman–Crippen LogP) is 3.06. The number of aryl methyl sites for hydroxylation is 1. The van der Waals surface area contributed by atoms with Gasteiger partial charge in [-0.1, -0.05) is 12.1 Å². The number of rotatable bonds is 8. The Balaban J connectivity index is 1.65. The molecule has 0 bridgehead atoms. The van der Waals surface area contributed by atoms with E-state index in [-0.39, 0.29) is 25.4 Å². The van der Waals surface area contributed by atoms with Crippen LogP contribution in [0.15, 0.2) is 35.2 Å². The van der Waals surface area contributed by atoms with Crippen molar-refractivity contribution in [3.63, 3.8) is 0 Å². The molecule has 28 heavy (non-hydrogen) atoms. The van der Waals surface area contributed by atoms with E-state index in [9.17, 15) is 31.7 Å². The standard InChI is InChI=1S/C16H17F3N4O4S/c17-16(18,19)15-10-13(11-6-7-11)22(21-15)9-3-8-20-28(26,27)14-5-2-1-4-12(14)23(24)25/h1-2,4-5,10-11,20H,3,6-9H2. The minimum absolute atomic E-state index is 0.0484. The van der Waals surface area contributed by atoms with Crippen molar-refractivity contribution in [1.29, 1.82) is 0 Å². The van der Waals surface area contributed by atoms with E-state index in [1.54, 1.807) is 0 Å². The number of nitro groups is 1. The first-order valence-electron chi connectivity index (χ1n) is 8.47. The van der Waals surface area contributed by atoms with Gasteiger partial charge in [-0.15, -0.1) is 0 Å². The quantitative estimate of drug-likeness (QED) is 0.403. The first-order valence-corrected chi connectivity index (χ1v) is 9.96. The van der Waals surface area contributed by atoms with Crippen LogP contribution in [0.4, 0.5) is 18.9 Å². The highest BCUT2D eigenvalue weighted by Crippen LogP contribution is 2.42. The zero-order valence-corrected chi connectivity index (χ0v) is 15.3. The number of nitro benzene ring substituents is 1. The third-order valence-electron chi connectivity index (χ3n) is 4.29. The second-order valence-electron chi connectivity index (χ2n) is 6.43. The summed E-state index contributed by atoms with van der Waals surface area (Å²) in [6.07, 6.45) is -2.76. The largest absolute Gasteiger partial charge is 0.435 e. The zero-order valence-electron chi connectivity index (χ0n) is 14.5. The number of alkyl halides is 3. The lowest BCUT2D eigenvalue weighted by molar-refractivity contribution is -0.387. The second-order valence-corrected chi connectivity index (χ2v) is 8.16. The maximum Gasteiger partial charge on any atom is 0.435 e. The van der Waals surface area contributed by atoms with Gasteiger partial charge in [-0.3, -0.25) is 14.8 Å². The highest BCUT2D eigenvalue weighted by atomic mass is 32.2. The highest BCUT2D eigenvalue weighted by molar-refractivity contribution is 7.89. The lowest BCUT2D eigenvalue weighted by Gasteiger charge is -2.09. The topological polar surface area (TPSA) is 107 Å². The van der Waals surface area contributed by atoms with E-state index < -0.39 is 37.4 Å². The minimum Gasteiger partial charge on any atom is -0.269 e. The Morgan fingerprint density at radius 3 is 2.57 bits per heavy atom. The van der Waals surface area contributed by atoms with Gasteiger partial charge in [-0.2, -0.15) is 18.3 Å². The molecule has 2 aromatic rings. The van der Waals surface area contributed by atoms with Crippen molar-refractivity contribution in [3.8, 4) is 0 Å². The van der Waals surface area contributed by atoms with Crippen LogP contribution in [0, 0.1) is 10.1 Å². The fourth-order valence-electron chi connectivity index (χ4n) is 2.80. The number of nitrogens with zero attached hydrogens (tertiary/aromatic N) is 3. The molecule has 1 heterocycles. The SMILES string of the molecule is O=[N+]([O-])c1ccccc1S(=O)(=O)NCCCn1nc(C(F)(F)F)cc1C1CC1. The molecule has 0 amide bonds. The second kappa shape index (κ2) is 7.51. The van der Waals surface area contributed by atoms with Crippen molar-refractivity contribution in [2.75, 3.05) is 6.54 Å². The maximum absolute atomic E-state index is 12.9. The summed E-state index contributed by atoms with van der Waals surface area (Å²) in [5.74, 6) is 0.0484. The Labute approximate surface area is 158 Å². The van der Waals surface area contributed by atoms with Crippen LogP contribution in [-0.4, -0.2) is 29.7 Å². The number of hydrogen-bond donors (Lipinski definition) is 1. The van der Waals surface area contributed by atoms with Crippen LogP contribution in [0.2, 0.25) is 0 Å². The molecule has 1 fully saturated rings. The van der Waals surface area contributed by atoms with E-state index in [4.69, 9.17) is 0 Å². The number of hydrogen-bond acceptors (Lipinski definition) is 5. The van der Waals surface area contributed by atoms with Gasteiger partial charge in [0, 0.05) is 30.8 Å². The molecule has 1 N–H and O–H groups in total. The van der Waals surface area contributed by atoms with Crippen LogP contribution in [0.1, 0.15) is 36.6 Å². The Hall–Kier alpha value is -2.47. The number of sulfonamides is 1. The van der Waals surface area contributed by atoms with Crippen LogP contribution >= 0.6 is 0 Å². The van der Waals surface area contributed by atoms with Crippen LogP contribution in [0.5, 0.6) is 0 Å². The van der Waals surface area contributed by atoms with Gasteiger partial charge in [-0.25, -0.2) is 13.1 Å².